The lowest BCUT2D eigenvalue weighted by Gasteiger charge is -2.31. The molecule has 1 fully saturated rings. The second-order valence-electron chi connectivity index (χ2n) is 5.28. The van der Waals surface area contributed by atoms with Crippen LogP contribution in [0.15, 0.2) is 10.7 Å². The van der Waals surface area contributed by atoms with Crippen molar-refractivity contribution in [3.63, 3.8) is 0 Å². The third-order valence-electron chi connectivity index (χ3n) is 3.92. The van der Waals surface area contributed by atoms with Crippen LogP contribution < -0.4 is 5.32 Å². The van der Waals surface area contributed by atoms with E-state index in [0.717, 1.165) is 13.0 Å². The molecule has 1 aliphatic rings. The Hall–Kier alpha value is -1.76. The molecule has 1 aliphatic carbocycles. The Morgan fingerprint density at radius 3 is 3.10 bits per heavy atom. The summed E-state index contributed by atoms with van der Waals surface area (Å²) >= 11 is 0. The molecule has 0 aliphatic heterocycles. The standard InChI is InChI=1S/C13H20N6O/c1-2-14-10-6-4-3-5-9(10)7-12-16-13(18-20-12)11-8-15-19-17-11/h8-10,14H,2-7H2,1H3,(H,15,17,19). The van der Waals surface area contributed by atoms with Gasteiger partial charge in [0.2, 0.25) is 11.7 Å². The molecule has 2 heterocycles. The fourth-order valence-electron chi connectivity index (χ4n) is 2.96. The maximum atomic E-state index is 5.35. The van der Waals surface area contributed by atoms with E-state index in [1.807, 2.05) is 0 Å². The lowest BCUT2D eigenvalue weighted by Crippen LogP contribution is -2.39. The molecule has 20 heavy (non-hydrogen) atoms. The molecule has 2 aromatic heterocycles. The first-order valence-corrected chi connectivity index (χ1v) is 7.29. The largest absolute Gasteiger partial charge is 0.339 e. The average molecular weight is 276 g/mol. The summed E-state index contributed by atoms with van der Waals surface area (Å²) < 4.78 is 5.35. The van der Waals surface area contributed by atoms with E-state index in [1.165, 1.54) is 25.7 Å². The Morgan fingerprint density at radius 2 is 2.30 bits per heavy atom. The van der Waals surface area contributed by atoms with Gasteiger partial charge >= 0.3 is 0 Å². The molecule has 1 saturated carbocycles. The molecule has 2 unspecified atom stereocenters. The Bertz CT molecular complexity index is 521. The van der Waals surface area contributed by atoms with Gasteiger partial charge in [0.25, 0.3) is 0 Å². The first-order valence-electron chi connectivity index (χ1n) is 7.29. The summed E-state index contributed by atoms with van der Waals surface area (Å²) in [5.74, 6) is 1.77. The lowest BCUT2D eigenvalue weighted by molar-refractivity contribution is 0.242. The zero-order chi connectivity index (χ0) is 13.8. The minimum Gasteiger partial charge on any atom is -0.339 e. The van der Waals surface area contributed by atoms with Crippen LogP contribution in [-0.4, -0.2) is 38.1 Å². The van der Waals surface area contributed by atoms with Gasteiger partial charge in [-0.2, -0.15) is 20.4 Å². The van der Waals surface area contributed by atoms with Crippen molar-refractivity contribution in [1.82, 2.24) is 30.9 Å². The Morgan fingerprint density at radius 1 is 1.40 bits per heavy atom. The van der Waals surface area contributed by atoms with Crippen molar-refractivity contribution in [2.24, 2.45) is 5.92 Å². The zero-order valence-electron chi connectivity index (χ0n) is 11.7. The second-order valence-corrected chi connectivity index (χ2v) is 5.28. The van der Waals surface area contributed by atoms with Crippen molar-refractivity contribution in [2.75, 3.05) is 6.54 Å². The summed E-state index contributed by atoms with van der Waals surface area (Å²) in [6.07, 6.45) is 7.49. The Labute approximate surface area is 117 Å². The highest BCUT2D eigenvalue weighted by Gasteiger charge is 2.26. The summed E-state index contributed by atoms with van der Waals surface area (Å²) in [4.78, 5) is 4.41. The number of H-pyrrole nitrogens is 1. The summed E-state index contributed by atoms with van der Waals surface area (Å²) in [6, 6.07) is 0.566. The molecule has 2 aromatic rings. The van der Waals surface area contributed by atoms with Gasteiger partial charge in [-0.1, -0.05) is 24.9 Å². The normalized spacial score (nSPS) is 23.1. The van der Waals surface area contributed by atoms with Crippen LogP contribution in [0.5, 0.6) is 0 Å². The van der Waals surface area contributed by atoms with Gasteiger partial charge in [0, 0.05) is 12.5 Å². The molecule has 0 saturated heterocycles. The van der Waals surface area contributed by atoms with E-state index in [4.69, 9.17) is 4.52 Å². The molecule has 0 spiro atoms. The highest BCUT2D eigenvalue weighted by Crippen LogP contribution is 2.27. The number of aromatic amines is 1. The van der Waals surface area contributed by atoms with Crippen molar-refractivity contribution in [2.45, 2.75) is 45.1 Å². The van der Waals surface area contributed by atoms with E-state index in [9.17, 15) is 0 Å². The van der Waals surface area contributed by atoms with Crippen LogP contribution in [0.1, 0.15) is 38.5 Å². The van der Waals surface area contributed by atoms with Crippen LogP contribution in [0, 0.1) is 5.92 Å². The number of aromatic nitrogens is 5. The molecule has 0 amide bonds. The predicted octanol–water partition coefficient (Wildman–Crippen LogP) is 1.57. The molecule has 0 aromatic carbocycles. The van der Waals surface area contributed by atoms with Crippen molar-refractivity contribution in [1.29, 1.82) is 0 Å². The number of rotatable bonds is 5. The SMILES string of the molecule is CCNC1CCCCC1Cc1nc(-c2cn[nH]n2)no1. The van der Waals surface area contributed by atoms with Crippen LogP contribution in [0.3, 0.4) is 0 Å². The molecule has 3 rings (SSSR count). The molecule has 0 radical (unpaired) electrons. The van der Waals surface area contributed by atoms with E-state index in [1.54, 1.807) is 6.20 Å². The number of nitrogens with zero attached hydrogens (tertiary/aromatic N) is 4. The van der Waals surface area contributed by atoms with Gasteiger partial charge in [-0.25, -0.2) is 0 Å². The van der Waals surface area contributed by atoms with Crippen molar-refractivity contribution < 1.29 is 4.52 Å². The topological polar surface area (TPSA) is 92.5 Å². The third kappa shape index (κ3) is 2.87. The summed E-state index contributed by atoms with van der Waals surface area (Å²) in [5, 5.41) is 17.8. The van der Waals surface area contributed by atoms with Gasteiger partial charge in [0.1, 0.15) is 0 Å². The summed E-state index contributed by atoms with van der Waals surface area (Å²) in [6.45, 7) is 3.16. The smallest absolute Gasteiger partial charge is 0.227 e. The molecule has 7 heteroatoms. The van der Waals surface area contributed by atoms with Crippen molar-refractivity contribution in [3.05, 3.63) is 12.1 Å². The maximum absolute atomic E-state index is 5.35. The van der Waals surface area contributed by atoms with E-state index in [2.05, 4.69) is 37.8 Å². The van der Waals surface area contributed by atoms with Gasteiger partial charge in [-0.3, -0.25) is 0 Å². The van der Waals surface area contributed by atoms with Gasteiger partial charge in [-0.15, -0.1) is 0 Å². The van der Waals surface area contributed by atoms with E-state index in [-0.39, 0.29) is 0 Å². The third-order valence-corrected chi connectivity index (χ3v) is 3.92. The number of nitrogens with one attached hydrogen (secondary N) is 2. The minimum absolute atomic E-state index is 0.504. The van der Waals surface area contributed by atoms with Crippen LogP contribution in [-0.2, 0) is 6.42 Å². The average Bonchev–Trinajstić information content (AvgIpc) is 3.12. The molecule has 2 atom stereocenters. The fourth-order valence-corrected chi connectivity index (χ4v) is 2.96. The van der Waals surface area contributed by atoms with E-state index >= 15 is 0 Å². The van der Waals surface area contributed by atoms with Crippen LogP contribution in [0.4, 0.5) is 0 Å². The Kier molecular flexibility index (Phi) is 4.05. The number of hydrogen-bond donors (Lipinski definition) is 2. The predicted molar refractivity (Wildman–Crippen MR) is 72.8 cm³/mol. The summed E-state index contributed by atoms with van der Waals surface area (Å²) in [7, 11) is 0. The first kappa shape index (κ1) is 13.2. The molecule has 2 N–H and O–H groups in total. The first-order chi connectivity index (χ1) is 9.86. The van der Waals surface area contributed by atoms with Gasteiger partial charge < -0.3 is 9.84 Å². The van der Waals surface area contributed by atoms with Gasteiger partial charge in [0.15, 0.2) is 5.69 Å². The Balaban J connectivity index is 1.67. The minimum atomic E-state index is 0.504. The van der Waals surface area contributed by atoms with Crippen LogP contribution >= 0.6 is 0 Å². The zero-order valence-corrected chi connectivity index (χ0v) is 11.7. The number of hydrogen-bond acceptors (Lipinski definition) is 6. The molecule has 0 bridgehead atoms. The fraction of sp³-hybridized carbons (Fsp3) is 0.692. The molecular weight excluding hydrogens is 256 g/mol. The quantitative estimate of drug-likeness (QED) is 0.861. The molecular formula is C13H20N6O. The summed E-state index contributed by atoms with van der Waals surface area (Å²) in [5.41, 5.74) is 0.617. The molecule has 7 nitrogen and oxygen atoms in total. The molecule has 108 valence electrons. The van der Waals surface area contributed by atoms with Crippen LogP contribution in [0.25, 0.3) is 11.5 Å². The van der Waals surface area contributed by atoms with Gasteiger partial charge in [0.05, 0.1) is 6.20 Å². The van der Waals surface area contributed by atoms with Crippen molar-refractivity contribution >= 4 is 0 Å². The van der Waals surface area contributed by atoms with Gasteiger partial charge in [-0.05, 0) is 25.3 Å². The van der Waals surface area contributed by atoms with Crippen molar-refractivity contribution in [3.8, 4) is 11.5 Å². The monoisotopic (exact) mass is 276 g/mol. The highest BCUT2D eigenvalue weighted by atomic mass is 16.5. The maximum Gasteiger partial charge on any atom is 0.227 e. The highest BCUT2D eigenvalue weighted by molar-refractivity contribution is 5.44. The van der Waals surface area contributed by atoms with E-state index in [0.29, 0.717) is 29.4 Å². The lowest BCUT2D eigenvalue weighted by atomic mass is 9.82. The van der Waals surface area contributed by atoms with Crippen LogP contribution in [0.2, 0.25) is 0 Å². The van der Waals surface area contributed by atoms with E-state index < -0.39 is 0 Å². The second kappa shape index (κ2) is 6.13.